The number of aryl methyl sites for hydroxylation is 2. The lowest BCUT2D eigenvalue weighted by Gasteiger charge is -2.10. The topological polar surface area (TPSA) is 90.3 Å². The molecular weight excluding hydrogens is 262 g/mol. The minimum atomic E-state index is -0.502. The number of hydrogen-bond donors (Lipinski definition) is 1. The maximum atomic E-state index is 12.0. The van der Waals surface area contributed by atoms with E-state index in [1.54, 1.807) is 20.8 Å². The predicted molar refractivity (Wildman–Crippen MR) is 72.5 cm³/mol. The van der Waals surface area contributed by atoms with Crippen LogP contribution in [0.2, 0.25) is 0 Å². The second-order valence-corrected chi connectivity index (χ2v) is 4.33. The lowest BCUT2D eigenvalue weighted by atomic mass is 10.1. The van der Waals surface area contributed by atoms with Gasteiger partial charge < -0.3 is 10.1 Å². The fraction of sp³-hybridized carbons (Fsp3) is 0.538. The normalized spacial score (nSPS) is 10.2. The highest BCUT2D eigenvalue weighted by Crippen LogP contribution is 2.05. The Morgan fingerprint density at radius 2 is 2.00 bits per heavy atom. The Morgan fingerprint density at radius 1 is 1.35 bits per heavy atom. The first kappa shape index (κ1) is 15.9. The van der Waals surface area contributed by atoms with Crippen molar-refractivity contribution in [3.63, 3.8) is 0 Å². The minimum absolute atomic E-state index is 0.0591. The van der Waals surface area contributed by atoms with Crippen LogP contribution in [0.3, 0.4) is 0 Å². The summed E-state index contributed by atoms with van der Waals surface area (Å²) in [5, 5.41) is 6.54. The van der Waals surface area contributed by atoms with E-state index in [1.165, 1.54) is 7.05 Å². The second kappa shape index (κ2) is 6.83. The summed E-state index contributed by atoms with van der Waals surface area (Å²) in [7, 11) is 1.49. The number of amides is 1. The van der Waals surface area contributed by atoms with E-state index < -0.39 is 11.5 Å². The molecule has 0 fully saturated rings. The van der Waals surface area contributed by atoms with E-state index in [2.05, 4.69) is 10.4 Å². The Labute approximate surface area is 116 Å². The third kappa shape index (κ3) is 3.66. The van der Waals surface area contributed by atoms with Crippen molar-refractivity contribution in [2.75, 3.05) is 13.2 Å². The van der Waals surface area contributed by atoms with Gasteiger partial charge in [-0.2, -0.15) is 5.10 Å². The molecule has 0 atom stereocenters. The molecule has 0 unspecified atom stereocenters. The Kier molecular flexibility index (Phi) is 5.42. The highest BCUT2D eigenvalue weighted by Gasteiger charge is 2.17. The Balaban J connectivity index is 2.79. The second-order valence-electron chi connectivity index (χ2n) is 4.33. The Bertz CT molecular complexity index is 578. The van der Waals surface area contributed by atoms with Crippen molar-refractivity contribution in [1.82, 2.24) is 15.1 Å². The van der Waals surface area contributed by atoms with E-state index in [-0.39, 0.29) is 24.5 Å². The number of esters is 1. The van der Waals surface area contributed by atoms with Crippen molar-refractivity contribution in [3.8, 4) is 0 Å². The predicted octanol–water partition coefficient (Wildman–Crippen LogP) is 0.0801. The quantitative estimate of drug-likeness (QED) is 0.772. The number of ether oxygens (including phenoxy) is 1. The van der Waals surface area contributed by atoms with Crippen LogP contribution in [-0.2, 0) is 16.6 Å². The standard InChI is InChI=1S/C13H19N3O4/c1-5-20-10(17)6-7-14-12(18)11-8(2)9(3)15-16(4)13(11)19/h5-7H2,1-4H3,(H,14,18). The Hall–Kier alpha value is -2.18. The van der Waals surface area contributed by atoms with Crippen LogP contribution in [0, 0.1) is 13.8 Å². The number of hydrogen-bond acceptors (Lipinski definition) is 5. The first-order valence-electron chi connectivity index (χ1n) is 6.36. The number of aromatic nitrogens is 2. The number of nitrogens with one attached hydrogen (secondary N) is 1. The van der Waals surface area contributed by atoms with Crippen LogP contribution >= 0.6 is 0 Å². The average molecular weight is 281 g/mol. The summed E-state index contributed by atoms with van der Waals surface area (Å²) in [5.41, 5.74) is 0.759. The van der Waals surface area contributed by atoms with E-state index in [1.807, 2.05) is 0 Å². The number of nitrogens with zero attached hydrogens (tertiary/aromatic N) is 2. The van der Waals surface area contributed by atoms with Crippen molar-refractivity contribution in [1.29, 1.82) is 0 Å². The summed E-state index contributed by atoms with van der Waals surface area (Å²) < 4.78 is 5.88. The van der Waals surface area contributed by atoms with Crippen LogP contribution in [-0.4, -0.2) is 34.8 Å². The van der Waals surface area contributed by atoms with Crippen molar-refractivity contribution in [2.45, 2.75) is 27.2 Å². The number of carbonyl (C=O) groups excluding carboxylic acids is 2. The molecule has 0 aliphatic carbocycles. The first-order valence-corrected chi connectivity index (χ1v) is 6.36. The van der Waals surface area contributed by atoms with E-state index in [9.17, 15) is 14.4 Å². The fourth-order valence-corrected chi connectivity index (χ4v) is 1.72. The molecule has 1 rings (SSSR count). The molecule has 7 nitrogen and oxygen atoms in total. The maximum absolute atomic E-state index is 12.0. The van der Waals surface area contributed by atoms with Gasteiger partial charge in [-0.15, -0.1) is 0 Å². The zero-order valence-electron chi connectivity index (χ0n) is 12.1. The van der Waals surface area contributed by atoms with E-state index in [0.29, 0.717) is 17.9 Å². The third-order valence-corrected chi connectivity index (χ3v) is 2.87. The van der Waals surface area contributed by atoms with Gasteiger partial charge in [-0.1, -0.05) is 0 Å². The molecule has 1 amide bonds. The van der Waals surface area contributed by atoms with E-state index in [0.717, 1.165) is 4.68 Å². The van der Waals surface area contributed by atoms with E-state index in [4.69, 9.17) is 4.74 Å². The molecule has 0 radical (unpaired) electrons. The molecule has 0 aliphatic heterocycles. The first-order chi connectivity index (χ1) is 9.38. The molecule has 20 heavy (non-hydrogen) atoms. The molecule has 110 valence electrons. The molecule has 0 aliphatic rings. The van der Waals surface area contributed by atoms with E-state index >= 15 is 0 Å². The van der Waals surface area contributed by atoms with Crippen LogP contribution in [0.25, 0.3) is 0 Å². The largest absolute Gasteiger partial charge is 0.466 e. The van der Waals surface area contributed by atoms with Gasteiger partial charge in [-0.25, -0.2) is 4.68 Å². The van der Waals surface area contributed by atoms with Crippen LogP contribution in [0.15, 0.2) is 4.79 Å². The average Bonchev–Trinajstić information content (AvgIpc) is 2.37. The SMILES string of the molecule is CCOC(=O)CCNC(=O)c1c(C)c(C)nn(C)c1=O. The van der Waals surface area contributed by atoms with Crippen molar-refractivity contribution < 1.29 is 14.3 Å². The zero-order chi connectivity index (χ0) is 15.3. The minimum Gasteiger partial charge on any atom is -0.466 e. The molecule has 0 aromatic carbocycles. The van der Waals surface area contributed by atoms with Gasteiger partial charge in [0.25, 0.3) is 11.5 Å². The monoisotopic (exact) mass is 281 g/mol. The van der Waals surface area contributed by atoms with Gasteiger partial charge >= 0.3 is 5.97 Å². The summed E-state index contributed by atoms with van der Waals surface area (Å²) in [6.07, 6.45) is 0.0724. The third-order valence-electron chi connectivity index (χ3n) is 2.87. The molecule has 1 aromatic rings. The molecule has 0 saturated carbocycles. The van der Waals surface area contributed by atoms with Gasteiger partial charge in [0.2, 0.25) is 0 Å². The summed E-state index contributed by atoms with van der Waals surface area (Å²) in [6.45, 7) is 5.54. The molecule has 1 heterocycles. The van der Waals surface area contributed by atoms with Gasteiger partial charge in [0, 0.05) is 13.6 Å². The van der Waals surface area contributed by atoms with Crippen molar-refractivity contribution >= 4 is 11.9 Å². The van der Waals surface area contributed by atoms with Gasteiger partial charge in [0.15, 0.2) is 0 Å². The Morgan fingerprint density at radius 3 is 2.60 bits per heavy atom. The van der Waals surface area contributed by atoms with Crippen LogP contribution < -0.4 is 10.9 Å². The fourth-order valence-electron chi connectivity index (χ4n) is 1.72. The van der Waals surface area contributed by atoms with Gasteiger partial charge in [-0.05, 0) is 26.3 Å². The van der Waals surface area contributed by atoms with Gasteiger partial charge in [-0.3, -0.25) is 14.4 Å². The number of rotatable bonds is 5. The lowest BCUT2D eigenvalue weighted by molar-refractivity contribution is -0.142. The van der Waals surface area contributed by atoms with Crippen LogP contribution in [0.4, 0.5) is 0 Å². The number of carbonyl (C=O) groups is 2. The van der Waals surface area contributed by atoms with Gasteiger partial charge in [0.1, 0.15) is 5.56 Å². The van der Waals surface area contributed by atoms with Gasteiger partial charge in [0.05, 0.1) is 18.7 Å². The lowest BCUT2D eigenvalue weighted by Crippen LogP contribution is -2.36. The summed E-state index contributed by atoms with van der Waals surface area (Å²) in [6, 6.07) is 0. The van der Waals surface area contributed by atoms with Crippen LogP contribution in [0.5, 0.6) is 0 Å². The molecule has 0 bridgehead atoms. The molecule has 1 aromatic heterocycles. The summed E-state index contributed by atoms with van der Waals surface area (Å²) >= 11 is 0. The van der Waals surface area contributed by atoms with Crippen molar-refractivity contribution in [2.24, 2.45) is 7.05 Å². The maximum Gasteiger partial charge on any atom is 0.307 e. The highest BCUT2D eigenvalue weighted by atomic mass is 16.5. The summed E-state index contributed by atoms with van der Waals surface area (Å²) in [4.78, 5) is 35.1. The zero-order valence-corrected chi connectivity index (χ0v) is 12.1. The highest BCUT2D eigenvalue weighted by molar-refractivity contribution is 5.95. The van der Waals surface area contributed by atoms with Crippen LogP contribution in [0.1, 0.15) is 35.0 Å². The molecule has 1 N–H and O–H groups in total. The molecular formula is C13H19N3O4. The molecule has 0 spiro atoms. The van der Waals surface area contributed by atoms with Crippen molar-refractivity contribution in [3.05, 3.63) is 27.2 Å². The smallest absolute Gasteiger partial charge is 0.307 e. The summed E-state index contributed by atoms with van der Waals surface area (Å²) in [5.74, 6) is -0.888. The molecule has 0 saturated heterocycles. The molecule has 7 heteroatoms.